The Morgan fingerprint density at radius 2 is 2.08 bits per heavy atom. The van der Waals surface area contributed by atoms with Crippen molar-refractivity contribution in [1.82, 2.24) is 19.6 Å². The van der Waals surface area contributed by atoms with Crippen molar-refractivity contribution in [2.45, 2.75) is 44.8 Å². The third-order valence-corrected chi connectivity index (χ3v) is 4.60. The van der Waals surface area contributed by atoms with E-state index in [-0.39, 0.29) is 18.1 Å². The van der Waals surface area contributed by atoms with E-state index in [0.717, 1.165) is 31.4 Å². The highest BCUT2D eigenvalue weighted by molar-refractivity contribution is 6.00. The van der Waals surface area contributed by atoms with Crippen molar-refractivity contribution in [2.75, 3.05) is 25.3 Å². The van der Waals surface area contributed by atoms with E-state index in [1.807, 2.05) is 6.92 Å². The number of aryl methyl sites for hydroxylation is 1. The average Bonchev–Trinajstić information content (AvgIpc) is 3.17. The van der Waals surface area contributed by atoms with Gasteiger partial charge in [-0.1, -0.05) is 0 Å². The van der Waals surface area contributed by atoms with Gasteiger partial charge in [-0.25, -0.2) is 24.6 Å². The zero-order valence-electron chi connectivity index (χ0n) is 15.2. The summed E-state index contributed by atoms with van der Waals surface area (Å²) >= 11 is 0. The number of nitrogens with zero attached hydrogens (tertiary/aromatic N) is 5. The minimum atomic E-state index is -0.141. The average molecular weight is 359 g/mol. The molecule has 0 unspecified atom stereocenters. The number of carbonyl (C=O) groups excluding carboxylic acids is 1. The van der Waals surface area contributed by atoms with Crippen molar-refractivity contribution < 1.29 is 14.3 Å². The van der Waals surface area contributed by atoms with Gasteiger partial charge in [-0.15, -0.1) is 0 Å². The standard InChI is InChI=1S/C18H25N5O3/c1-14-11-17(21-12-20-14)18(24)23(22-8-7-19-13-22)15-3-5-16(6-4-15)26-10-9-25-2/h7-8,11-13,15-16H,3-6,9-10H2,1-2H3. The molecular formula is C18H25N5O3. The maximum atomic E-state index is 13.1. The summed E-state index contributed by atoms with van der Waals surface area (Å²) < 4.78 is 12.6. The van der Waals surface area contributed by atoms with Gasteiger partial charge in [0, 0.05) is 25.2 Å². The van der Waals surface area contributed by atoms with E-state index < -0.39 is 0 Å². The fraction of sp³-hybridized carbons (Fsp3) is 0.556. The first kappa shape index (κ1) is 18.5. The number of amides is 1. The van der Waals surface area contributed by atoms with E-state index in [1.54, 1.807) is 41.6 Å². The predicted octanol–water partition coefficient (Wildman–Crippen LogP) is 1.73. The monoisotopic (exact) mass is 359 g/mol. The Morgan fingerprint density at radius 1 is 1.27 bits per heavy atom. The Kier molecular flexibility index (Phi) is 6.30. The number of carbonyl (C=O) groups is 1. The van der Waals surface area contributed by atoms with Crippen LogP contribution in [0.5, 0.6) is 0 Å². The lowest BCUT2D eigenvalue weighted by molar-refractivity contribution is -0.00371. The van der Waals surface area contributed by atoms with Crippen molar-refractivity contribution in [2.24, 2.45) is 0 Å². The molecule has 8 heteroatoms. The van der Waals surface area contributed by atoms with E-state index >= 15 is 0 Å². The Hall–Kier alpha value is -2.32. The molecule has 0 bridgehead atoms. The summed E-state index contributed by atoms with van der Waals surface area (Å²) in [6, 6.07) is 1.79. The Balaban J connectivity index is 1.71. The maximum absolute atomic E-state index is 13.1. The number of rotatable bonds is 7. The van der Waals surface area contributed by atoms with Gasteiger partial charge in [0.1, 0.15) is 18.3 Å². The van der Waals surface area contributed by atoms with Crippen LogP contribution in [0, 0.1) is 6.92 Å². The zero-order valence-corrected chi connectivity index (χ0v) is 15.2. The predicted molar refractivity (Wildman–Crippen MR) is 95.4 cm³/mol. The van der Waals surface area contributed by atoms with Crippen molar-refractivity contribution in [3.63, 3.8) is 0 Å². The van der Waals surface area contributed by atoms with Crippen molar-refractivity contribution in [3.8, 4) is 0 Å². The summed E-state index contributed by atoms with van der Waals surface area (Å²) in [5.74, 6) is -0.141. The molecule has 1 fully saturated rings. The highest BCUT2D eigenvalue weighted by Crippen LogP contribution is 2.25. The summed E-state index contributed by atoms with van der Waals surface area (Å²) in [6.45, 7) is 3.06. The summed E-state index contributed by atoms with van der Waals surface area (Å²) in [5.41, 5.74) is 1.16. The second kappa shape index (κ2) is 8.86. The maximum Gasteiger partial charge on any atom is 0.291 e. The van der Waals surface area contributed by atoms with E-state index in [0.29, 0.717) is 18.9 Å². The lowest BCUT2D eigenvalue weighted by atomic mass is 9.92. The molecule has 3 rings (SSSR count). The third-order valence-electron chi connectivity index (χ3n) is 4.60. The van der Waals surface area contributed by atoms with E-state index in [2.05, 4.69) is 15.0 Å². The summed E-state index contributed by atoms with van der Waals surface area (Å²) in [5, 5.41) is 1.75. The molecule has 26 heavy (non-hydrogen) atoms. The third kappa shape index (κ3) is 4.44. The van der Waals surface area contributed by atoms with Crippen LogP contribution < -0.4 is 5.01 Å². The Labute approximate surface area is 153 Å². The van der Waals surface area contributed by atoms with Crippen LogP contribution in [-0.2, 0) is 9.47 Å². The minimum Gasteiger partial charge on any atom is -0.382 e. The first-order valence-corrected chi connectivity index (χ1v) is 8.90. The number of hydrogen-bond acceptors (Lipinski definition) is 6. The number of aromatic nitrogens is 4. The van der Waals surface area contributed by atoms with Gasteiger partial charge in [-0.3, -0.25) is 4.79 Å². The van der Waals surface area contributed by atoms with Gasteiger partial charge >= 0.3 is 0 Å². The van der Waals surface area contributed by atoms with E-state index in [4.69, 9.17) is 9.47 Å². The molecule has 0 atom stereocenters. The van der Waals surface area contributed by atoms with E-state index in [1.165, 1.54) is 6.33 Å². The fourth-order valence-corrected chi connectivity index (χ4v) is 3.28. The van der Waals surface area contributed by atoms with Crippen LogP contribution in [0.3, 0.4) is 0 Å². The SMILES string of the molecule is COCCOC1CCC(N(C(=O)c2cc(C)ncn2)n2ccnc2)CC1. The summed E-state index contributed by atoms with van der Waals surface area (Å²) in [7, 11) is 1.67. The normalized spacial score (nSPS) is 20.1. The van der Waals surface area contributed by atoms with Crippen LogP contribution in [-0.4, -0.2) is 58.0 Å². The van der Waals surface area contributed by atoms with Crippen LogP contribution >= 0.6 is 0 Å². The van der Waals surface area contributed by atoms with Crippen molar-refractivity contribution >= 4 is 5.91 Å². The van der Waals surface area contributed by atoms with Gasteiger partial charge in [0.2, 0.25) is 0 Å². The van der Waals surface area contributed by atoms with Crippen LogP contribution in [0.2, 0.25) is 0 Å². The molecule has 2 aromatic heterocycles. The molecule has 0 spiro atoms. The van der Waals surface area contributed by atoms with Gasteiger partial charge in [-0.2, -0.15) is 0 Å². The first-order valence-electron chi connectivity index (χ1n) is 8.90. The van der Waals surface area contributed by atoms with Crippen LogP contribution in [0.1, 0.15) is 41.9 Å². The molecule has 8 nitrogen and oxygen atoms in total. The zero-order chi connectivity index (χ0) is 18.4. The van der Waals surface area contributed by atoms with Crippen LogP contribution in [0.25, 0.3) is 0 Å². The van der Waals surface area contributed by atoms with Gasteiger partial charge < -0.3 is 9.47 Å². The molecule has 0 radical (unpaired) electrons. The van der Waals surface area contributed by atoms with Crippen LogP contribution in [0.4, 0.5) is 0 Å². The molecule has 0 aliphatic heterocycles. The Morgan fingerprint density at radius 3 is 2.73 bits per heavy atom. The van der Waals surface area contributed by atoms with Crippen molar-refractivity contribution in [1.29, 1.82) is 0 Å². The molecule has 0 saturated heterocycles. The molecule has 0 N–H and O–H groups in total. The molecule has 1 saturated carbocycles. The highest BCUT2D eigenvalue weighted by Gasteiger charge is 2.31. The van der Waals surface area contributed by atoms with E-state index in [9.17, 15) is 4.79 Å². The fourth-order valence-electron chi connectivity index (χ4n) is 3.28. The molecule has 1 aliphatic carbocycles. The Bertz CT molecular complexity index is 699. The highest BCUT2D eigenvalue weighted by atomic mass is 16.5. The van der Waals surface area contributed by atoms with Crippen molar-refractivity contribution in [3.05, 3.63) is 42.5 Å². The minimum absolute atomic E-state index is 0.0780. The second-order valence-corrected chi connectivity index (χ2v) is 6.43. The molecule has 2 aromatic rings. The number of hydrogen-bond donors (Lipinski definition) is 0. The molecular weight excluding hydrogens is 334 g/mol. The lowest BCUT2D eigenvalue weighted by Gasteiger charge is -2.36. The number of imidazole rings is 1. The summed E-state index contributed by atoms with van der Waals surface area (Å²) in [4.78, 5) is 25.5. The summed E-state index contributed by atoms with van der Waals surface area (Å²) in [6.07, 6.45) is 10.3. The first-order chi connectivity index (χ1) is 12.7. The van der Waals surface area contributed by atoms with Gasteiger partial charge in [0.25, 0.3) is 5.91 Å². The largest absolute Gasteiger partial charge is 0.382 e. The van der Waals surface area contributed by atoms with Gasteiger partial charge in [-0.05, 0) is 38.7 Å². The second-order valence-electron chi connectivity index (χ2n) is 6.43. The molecule has 0 aromatic carbocycles. The molecule has 1 amide bonds. The molecule has 2 heterocycles. The quantitative estimate of drug-likeness (QED) is 0.700. The molecule has 140 valence electrons. The number of ether oxygens (including phenoxy) is 2. The number of methoxy groups -OCH3 is 1. The van der Waals surface area contributed by atoms with Gasteiger partial charge in [0.15, 0.2) is 0 Å². The lowest BCUT2D eigenvalue weighted by Crippen LogP contribution is -2.50. The molecule has 1 aliphatic rings. The smallest absolute Gasteiger partial charge is 0.291 e. The topological polar surface area (TPSA) is 82.4 Å². The van der Waals surface area contributed by atoms with Gasteiger partial charge in [0.05, 0.1) is 25.4 Å². The van der Waals surface area contributed by atoms with Crippen LogP contribution in [0.15, 0.2) is 31.1 Å².